The van der Waals surface area contributed by atoms with Crippen LogP contribution >= 0.6 is 0 Å². The zero-order valence-corrected chi connectivity index (χ0v) is 15.9. The van der Waals surface area contributed by atoms with Crippen molar-refractivity contribution in [3.8, 4) is 0 Å². The van der Waals surface area contributed by atoms with E-state index < -0.39 is 0 Å². The number of benzene rings is 1. The molecule has 1 amide bonds. The van der Waals surface area contributed by atoms with Gasteiger partial charge in [-0.25, -0.2) is 0 Å². The third-order valence-electron chi connectivity index (χ3n) is 6.09. The van der Waals surface area contributed by atoms with Crippen molar-refractivity contribution >= 4 is 11.9 Å². The van der Waals surface area contributed by atoms with Crippen molar-refractivity contribution in [2.75, 3.05) is 26.7 Å². The van der Waals surface area contributed by atoms with Crippen molar-refractivity contribution in [3.05, 3.63) is 35.4 Å². The molecule has 26 heavy (non-hydrogen) atoms. The molecule has 0 unspecified atom stereocenters. The molecule has 0 bridgehead atoms. The van der Waals surface area contributed by atoms with Gasteiger partial charge in [0.15, 0.2) is 0 Å². The lowest BCUT2D eigenvalue weighted by molar-refractivity contribution is -0.140. The van der Waals surface area contributed by atoms with Crippen LogP contribution in [0.3, 0.4) is 0 Å². The minimum absolute atomic E-state index is 0.0428. The highest BCUT2D eigenvalue weighted by atomic mass is 16.5. The average Bonchev–Trinajstić information content (AvgIpc) is 2.65. The minimum Gasteiger partial charge on any atom is -0.469 e. The van der Waals surface area contributed by atoms with Crippen molar-refractivity contribution < 1.29 is 14.3 Å². The van der Waals surface area contributed by atoms with E-state index in [2.05, 4.69) is 34.5 Å². The number of carbonyl (C=O) groups excluding carboxylic acids is 2. The molecule has 1 aliphatic carbocycles. The number of methoxy groups -OCH3 is 1. The first kappa shape index (κ1) is 18.9. The van der Waals surface area contributed by atoms with Crippen LogP contribution in [0.5, 0.6) is 0 Å². The molecule has 2 aliphatic rings. The van der Waals surface area contributed by atoms with Gasteiger partial charge in [-0.15, -0.1) is 0 Å². The number of likely N-dealkylation sites (tertiary alicyclic amines) is 1. The molecule has 0 saturated carbocycles. The predicted octanol–water partition coefficient (Wildman–Crippen LogP) is 2.94. The van der Waals surface area contributed by atoms with Gasteiger partial charge in [0.1, 0.15) is 0 Å². The topological polar surface area (TPSA) is 58.6 Å². The Hall–Kier alpha value is -1.88. The van der Waals surface area contributed by atoms with Gasteiger partial charge in [0, 0.05) is 13.3 Å². The van der Waals surface area contributed by atoms with E-state index in [0.29, 0.717) is 6.42 Å². The second-order valence-electron chi connectivity index (χ2n) is 7.68. The number of ether oxygens (including phenoxy) is 1. The van der Waals surface area contributed by atoms with Crippen LogP contribution < -0.4 is 5.32 Å². The largest absolute Gasteiger partial charge is 0.469 e. The molecule has 1 heterocycles. The quantitative estimate of drug-likeness (QED) is 0.822. The van der Waals surface area contributed by atoms with Gasteiger partial charge in [-0.2, -0.15) is 0 Å². The van der Waals surface area contributed by atoms with Gasteiger partial charge in [0.05, 0.1) is 13.2 Å². The lowest BCUT2D eigenvalue weighted by atomic mass is 9.63. The van der Waals surface area contributed by atoms with E-state index in [0.717, 1.165) is 51.7 Å². The molecule has 1 aromatic rings. The molecule has 1 fully saturated rings. The number of amides is 1. The summed E-state index contributed by atoms with van der Waals surface area (Å²) in [4.78, 5) is 25.3. The Morgan fingerprint density at radius 1 is 1.23 bits per heavy atom. The summed E-state index contributed by atoms with van der Waals surface area (Å²) in [5.41, 5.74) is 2.97. The summed E-state index contributed by atoms with van der Waals surface area (Å²) in [5, 5.41) is 3.12. The van der Waals surface area contributed by atoms with Crippen LogP contribution in [0.15, 0.2) is 24.3 Å². The van der Waals surface area contributed by atoms with Gasteiger partial charge in [-0.1, -0.05) is 24.3 Å². The first-order valence-electron chi connectivity index (χ1n) is 9.70. The summed E-state index contributed by atoms with van der Waals surface area (Å²) in [6, 6.07) is 8.79. The maximum atomic E-state index is 11.6. The van der Waals surface area contributed by atoms with E-state index in [9.17, 15) is 9.59 Å². The van der Waals surface area contributed by atoms with Crippen molar-refractivity contribution in [3.63, 3.8) is 0 Å². The molecule has 0 aromatic heterocycles. The van der Waals surface area contributed by atoms with E-state index in [-0.39, 0.29) is 23.3 Å². The van der Waals surface area contributed by atoms with E-state index in [1.807, 2.05) is 0 Å². The number of rotatable bonds is 5. The molecule has 1 N–H and O–H groups in total. The van der Waals surface area contributed by atoms with Crippen molar-refractivity contribution in [2.45, 2.75) is 56.9 Å². The summed E-state index contributed by atoms with van der Waals surface area (Å²) in [6.45, 7) is 4.70. The first-order valence-corrected chi connectivity index (χ1v) is 9.70. The monoisotopic (exact) mass is 358 g/mol. The van der Waals surface area contributed by atoms with Crippen molar-refractivity contribution in [2.24, 2.45) is 0 Å². The van der Waals surface area contributed by atoms with Crippen LogP contribution in [0.25, 0.3) is 0 Å². The summed E-state index contributed by atoms with van der Waals surface area (Å²) in [7, 11) is 1.45. The predicted molar refractivity (Wildman–Crippen MR) is 101 cm³/mol. The molecule has 5 heteroatoms. The molecule has 142 valence electrons. The van der Waals surface area contributed by atoms with Crippen LogP contribution in [-0.4, -0.2) is 43.5 Å². The maximum Gasteiger partial charge on any atom is 0.305 e. The number of fused-ring (bicyclic) bond motifs is 2. The highest BCUT2D eigenvalue weighted by Crippen LogP contribution is 2.47. The van der Waals surface area contributed by atoms with Gasteiger partial charge < -0.3 is 15.0 Å². The maximum absolute atomic E-state index is 11.6. The van der Waals surface area contributed by atoms with Crippen LogP contribution in [0.2, 0.25) is 0 Å². The summed E-state index contributed by atoms with van der Waals surface area (Å²) in [5.74, 6) is -0.0788. The van der Waals surface area contributed by atoms with E-state index in [1.54, 1.807) is 6.92 Å². The normalized spacial score (nSPS) is 21.8. The smallest absolute Gasteiger partial charge is 0.305 e. The van der Waals surface area contributed by atoms with Gasteiger partial charge in [-0.05, 0) is 68.3 Å². The zero-order chi connectivity index (χ0) is 18.6. The first-order chi connectivity index (χ1) is 12.5. The fourth-order valence-electron chi connectivity index (χ4n) is 4.66. The highest BCUT2D eigenvalue weighted by molar-refractivity contribution is 5.73. The Bertz CT molecular complexity index is 650. The van der Waals surface area contributed by atoms with Crippen LogP contribution in [-0.2, 0) is 19.7 Å². The molecule has 1 atom stereocenters. The van der Waals surface area contributed by atoms with Gasteiger partial charge in [-0.3, -0.25) is 9.59 Å². The van der Waals surface area contributed by atoms with Crippen LogP contribution in [0.1, 0.15) is 62.6 Å². The molecule has 1 saturated heterocycles. The van der Waals surface area contributed by atoms with Crippen molar-refractivity contribution in [1.29, 1.82) is 0 Å². The number of esters is 1. The second-order valence-corrected chi connectivity index (χ2v) is 7.68. The molecule has 1 spiro atoms. The summed E-state index contributed by atoms with van der Waals surface area (Å²) < 4.78 is 4.72. The molecule has 5 nitrogen and oxygen atoms in total. The van der Waals surface area contributed by atoms with Crippen LogP contribution in [0.4, 0.5) is 0 Å². The Morgan fingerprint density at radius 2 is 1.96 bits per heavy atom. The molecular weight excluding hydrogens is 328 g/mol. The molecule has 0 radical (unpaired) electrons. The number of piperidine rings is 1. The lowest BCUT2D eigenvalue weighted by Gasteiger charge is -2.47. The Kier molecular flexibility index (Phi) is 5.97. The fourth-order valence-corrected chi connectivity index (χ4v) is 4.66. The minimum atomic E-state index is -0.122. The Balaban J connectivity index is 1.64. The molecule has 3 rings (SSSR count). The van der Waals surface area contributed by atoms with E-state index >= 15 is 0 Å². The standard InChI is InChI=1S/C21H30N2O3/c1-16(24)22-19-9-10-21(18-7-4-3-6-17(18)19)11-14-23(15-12-21)13-5-8-20(25)26-2/h3-4,6-7,19H,5,8-15H2,1-2H3,(H,22,24)/t19-/m0/s1. The Morgan fingerprint density at radius 3 is 2.65 bits per heavy atom. The average molecular weight is 358 g/mol. The highest BCUT2D eigenvalue weighted by Gasteiger charge is 2.41. The molecule has 1 aromatic carbocycles. The summed E-state index contributed by atoms with van der Waals surface area (Å²) >= 11 is 0. The Labute approximate surface area is 156 Å². The lowest BCUT2D eigenvalue weighted by Crippen LogP contribution is -2.46. The van der Waals surface area contributed by atoms with E-state index in [4.69, 9.17) is 4.74 Å². The number of carbonyl (C=O) groups is 2. The summed E-state index contributed by atoms with van der Waals surface area (Å²) in [6.07, 6.45) is 5.80. The zero-order valence-electron chi connectivity index (χ0n) is 15.9. The second kappa shape index (κ2) is 8.21. The number of nitrogens with zero attached hydrogens (tertiary/aromatic N) is 1. The number of hydrogen-bond donors (Lipinski definition) is 1. The third kappa shape index (κ3) is 4.09. The molecule has 1 aliphatic heterocycles. The molecular formula is C21H30N2O3. The third-order valence-corrected chi connectivity index (χ3v) is 6.09. The van der Waals surface area contributed by atoms with E-state index in [1.165, 1.54) is 18.2 Å². The van der Waals surface area contributed by atoms with Gasteiger partial charge >= 0.3 is 5.97 Å². The number of nitrogens with one attached hydrogen (secondary N) is 1. The van der Waals surface area contributed by atoms with Crippen LogP contribution in [0, 0.1) is 0 Å². The SMILES string of the molecule is COC(=O)CCCN1CCC2(CC[C@H](NC(C)=O)c3ccccc32)CC1. The van der Waals surface area contributed by atoms with Crippen molar-refractivity contribution in [1.82, 2.24) is 10.2 Å². The van der Waals surface area contributed by atoms with Gasteiger partial charge in [0.25, 0.3) is 0 Å². The number of hydrogen-bond acceptors (Lipinski definition) is 4. The van der Waals surface area contributed by atoms with Gasteiger partial charge in [0.2, 0.25) is 5.91 Å². The fraction of sp³-hybridized carbons (Fsp3) is 0.619.